The summed E-state index contributed by atoms with van der Waals surface area (Å²) in [7, 11) is 3.54. The Hall–Kier alpha value is -4.37. The van der Waals surface area contributed by atoms with Crippen molar-refractivity contribution in [3.8, 4) is 39.9 Å². The highest BCUT2D eigenvalue weighted by Crippen LogP contribution is 2.49. The quantitative estimate of drug-likeness (QED) is 0.0935. The van der Waals surface area contributed by atoms with Crippen LogP contribution >= 0.6 is 7.92 Å². The molecule has 232 valence electrons. The van der Waals surface area contributed by atoms with E-state index in [-0.39, 0.29) is 29.5 Å². The van der Waals surface area contributed by atoms with Crippen LogP contribution in [0.5, 0.6) is 28.7 Å². The van der Waals surface area contributed by atoms with Crippen LogP contribution in [0.4, 0.5) is 22.0 Å². The van der Waals surface area contributed by atoms with Gasteiger partial charge in [-0.25, -0.2) is 22.0 Å². The predicted molar refractivity (Wildman–Crippen MR) is 157 cm³/mol. The van der Waals surface area contributed by atoms with Crippen molar-refractivity contribution in [1.29, 1.82) is 0 Å². The van der Waals surface area contributed by atoms with Gasteiger partial charge in [-0.3, -0.25) is 0 Å². The molecule has 0 bridgehead atoms. The molecule has 0 fully saturated rings. The minimum atomic E-state index is -2.34. The van der Waals surface area contributed by atoms with Gasteiger partial charge in [0.2, 0.25) is 5.82 Å². The fourth-order valence-electron chi connectivity index (χ4n) is 4.80. The van der Waals surface area contributed by atoms with Gasteiger partial charge in [0.05, 0.1) is 44.6 Å². The summed E-state index contributed by atoms with van der Waals surface area (Å²) < 4.78 is 95.9. The van der Waals surface area contributed by atoms with Gasteiger partial charge >= 0.3 is 0 Å². The molecule has 0 aliphatic rings. The maximum atomic E-state index is 15.2. The van der Waals surface area contributed by atoms with E-state index < -0.39 is 53.9 Å². The number of rotatable bonds is 11. The predicted octanol–water partition coefficient (Wildman–Crippen LogP) is 6.07. The molecule has 44 heavy (non-hydrogen) atoms. The monoisotopic (exact) mass is 634 g/mol. The number of hydrogen-bond donors (Lipinski definition) is 1. The van der Waals surface area contributed by atoms with Crippen molar-refractivity contribution < 1.29 is 50.8 Å². The average molecular weight is 635 g/mol. The molecule has 0 saturated heterocycles. The number of carbonyl (C=O) groups is 1. The number of halogens is 5. The minimum Gasteiger partial charge on any atom is -0.507 e. The molecule has 0 saturated carbocycles. The number of benzene rings is 4. The summed E-state index contributed by atoms with van der Waals surface area (Å²) in [5.74, 6) is -10.7. The Kier molecular flexibility index (Phi) is 9.99. The van der Waals surface area contributed by atoms with Crippen LogP contribution in [-0.2, 0) is 11.2 Å². The molecule has 0 radical (unpaired) electrons. The number of ether oxygens (including phenoxy) is 4. The van der Waals surface area contributed by atoms with E-state index in [1.54, 1.807) is 36.4 Å². The number of aromatic hydroxyl groups is 1. The summed E-state index contributed by atoms with van der Waals surface area (Å²) >= 11 is 0. The number of phenolic OH excluding ortho intramolecular Hbond substituents is 1. The second-order valence-corrected chi connectivity index (χ2v) is 11.6. The van der Waals surface area contributed by atoms with Gasteiger partial charge in [0.25, 0.3) is 0 Å². The molecule has 4 rings (SSSR count). The number of aryl methyl sites for hydroxylation is 1. The Bertz CT molecular complexity index is 1600. The Morgan fingerprint density at radius 2 is 1.11 bits per heavy atom. The molecule has 0 aliphatic heterocycles. The van der Waals surface area contributed by atoms with E-state index in [4.69, 9.17) is 18.9 Å². The van der Waals surface area contributed by atoms with Gasteiger partial charge in [0.1, 0.15) is 34.5 Å². The number of ketones is 1. The van der Waals surface area contributed by atoms with Gasteiger partial charge in [0.15, 0.2) is 23.3 Å². The van der Waals surface area contributed by atoms with Crippen molar-refractivity contribution in [3.63, 3.8) is 0 Å². The highest BCUT2D eigenvalue weighted by Gasteiger charge is 2.35. The SMILES string of the molecule is COc1cccc(OC)c1P(c1cc(CCC(C)=O)cc(-c2c(F)c(F)c(F)c(F)c2F)c1O)c1c(OC)cccc1OC. The molecular formula is C32H28F5O6P. The van der Waals surface area contributed by atoms with Crippen molar-refractivity contribution in [3.05, 3.63) is 83.2 Å². The third-order valence-electron chi connectivity index (χ3n) is 6.89. The normalized spacial score (nSPS) is 11.1. The zero-order chi connectivity index (χ0) is 32.3. The van der Waals surface area contributed by atoms with Crippen LogP contribution in [0.1, 0.15) is 18.9 Å². The van der Waals surface area contributed by atoms with Crippen molar-refractivity contribution in [2.75, 3.05) is 28.4 Å². The van der Waals surface area contributed by atoms with E-state index in [1.165, 1.54) is 41.4 Å². The number of carbonyl (C=O) groups excluding carboxylic acids is 1. The maximum Gasteiger partial charge on any atom is 0.200 e. The molecule has 0 spiro atoms. The zero-order valence-electron chi connectivity index (χ0n) is 24.4. The summed E-state index contributed by atoms with van der Waals surface area (Å²) in [6.07, 6.45) is 0.0228. The first kappa shape index (κ1) is 32.5. The molecule has 0 aliphatic carbocycles. The fourth-order valence-corrected chi connectivity index (χ4v) is 7.68. The molecule has 0 unspecified atom stereocenters. The van der Waals surface area contributed by atoms with Crippen molar-refractivity contribution >= 4 is 29.6 Å². The largest absolute Gasteiger partial charge is 0.507 e. The van der Waals surface area contributed by atoms with Crippen LogP contribution < -0.4 is 34.9 Å². The molecule has 0 heterocycles. The summed E-state index contributed by atoms with van der Waals surface area (Å²) in [6.45, 7) is 1.35. The molecule has 4 aromatic rings. The van der Waals surface area contributed by atoms with E-state index in [9.17, 15) is 23.1 Å². The maximum absolute atomic E-state index is 15.2. The molecular weight excluding hydrogens is 606 g/mol. The van der Waals surface area contributed by atoms with Gasteiger partial charge in [0, 0.05) is 25.2 Å². The van der Waals surface area contributed by atoms with Crippen LogP contribution in [0.3, 0.4) is 0 Å². The molecule has 0 atom stereocenters. The van der Waals surface area contributed by atoms with Gasteiger partial charge in [-0.15, -0.1) is 0 Å². The van der Waals surface area contributed by atoms with E-state index in [2.05, 4.69) is 0 Å². The minimum absolute atomic E-state index is 0.00531. The highest BCUT2D eigenvalue weighted by molar-refractivity contribution is 7.80. The summed E-state index contributed by atoms with van der Waals surface area (Å²) in [5.41, 5.74) is -1.70. The highest BCUT2D eigenvalue weighted by atomic mass is 31.1. The van der Waals surface area contributed by atoms with E-state index in [0.29, 0.717) is 33.6 Å². The lowest BCUT2D eigenvalue weighted by Gasteiger charge is -2.28. The average Bonchev–Trinajstić information content (AvgIpc) is 3.03. The molecule has 4 aromatic carbocycles. The fraction of sp³-hybridized carbons (Fsp3) is 0.219. The Morgan fingerprint density at radius 1 is 0.705 bits per heavy atom. The lowest BCUT2D eigenvalue weighted by atomic mass is 9.97. The van der Waals surface area contributed by atoms with Gasteiger partial charge in [-0.2, -0.15) is 0 Å². The Morgan fingerprint density at radius 3 is 1.50 bits per heavy atom. The van der Waals surface area contributed by atoms with E-state index in [1.807, 2.05) is 0 Å². The van der Waals surface area contributed by atoms with Crippen molar-refractivity contribution in [2.24, 2.45) is 0 Å². The zero-order valence-corrected chi connectivity index (χ0v) is 25.3. The number of methoxy groups -OCH3 is 4. The van der Waals surface area contributed by atoms with Gasteiger partial charge in [-0.05, 0) is 55.3 Å². The first-order chi connectivity index (χ1) is 21.0. The summed E-state index contributed by atoms with van der Waals surface area (Å²) in [6, 6.07) is 12.5. The molecule has 0 aromatic heterocycles. The lowest BCUT2D eigenvalue weighted by molar-refractivity contribution is -0.116. The summed E-state index contributed by atoms with van der Waals surface area (Å²) in [4.78, 5) is 11.9. The van der Waals surface area contributed by atoms with Crippen molar-refractivity contribution in [2.45, 2.75) is 19.8 Å². The van der Waals surface area contributed by atoms with Gasteiger partial charge in [-0.1, -0.05) is 12.1 Å². The lowest BCUT2D eigenvalue weighted by Crippen LogP contribution is -2.26. The van der Waals surface area contributed by atoms with Crippen LogP contribution in [-0.4, -0.2) is 39.3 Å². The Labute approximate surface area is 251 Å². The van der Waals surface area contributed by atoms with Crippen LogP contribution in [0, 0.1) is 29.1 Å². The van der Waals surface area contributed by atoms with E-state index >= 15 is 8.78 Å². The second kappa shape index (κ2) is 13.5. The van der Waals surface area contributed by atoms with Crippen LogP contribution in [0.15, 0.2) is 48.5 Å². The number of hydrogen-bond acceptors (Lipinski definition) is 6. The molecule has 0 amide bonds. The molecule has 6 nitrogen and oxygen atoms in total. The Balaban J connectivity index is 2.23. The smallest absolute Gasteiger partial charge is 0.200 e. The molecule has 1 N–H and O–H groups in total. The first-order valence-corrected chi connectivity index (χ1v) is 14.4. The van der Waals surface area contributed by atoms with Crippen LogP contribution in [0.2, 0.25) is 0 Å². The summed E-state index contributed by atoms with van der Waals surface area (Å²) in [5, 5.41) is 12.6. The number of phenols is 1. The van der Waals surface area contributed by atoms with Gasteiger partial charge < -0.3 is 28.8 Å². The van der Waals surface area contributed by atoms with Crippen molar-refractivity contribution in [1.82, 2.24) is 0 Å². The standard InChI is InChI=1S/C32H28F5O6P/c1-16(38)12-13-17-14-18(24-25(33)27(35)29(37)28(36)26(24)34)30(39)23(15-17)44(31-19(40-2)8-6-9-20(31)41-3)32-21(42-4)10-7-11-22(32)43-5/h6-11,14-15,39H,12-13H2,1-5H3. The third-order valence-corrected chi connectivity index (χ3v) is 9.48. The van der Waals surface area contributed by atoms with E-state index in [0.717, 1.165) is 6.07 Å². The third kappa shape index (κ3) is 5.88. The number of Topliss-reactive ketones (excluding diaryl/α,β-unsaturated/α-hetero) is 1. The topological polar surface area (TPSA) is 74.2 Å². The molecule has 12 heteroatoms. The second-order valence-electron chi connectivity index (χ2n) is 9.52. The van der Waals surface area contributed by atoms with Crippen LogP contribution in [0.25, 0.3) is 11.1 Å². The first-order valence-electron chi connectivity index (χ1n) is 13.1.